The average Bonchev–Trinajstić information content (AvgIpc) is 2.75. The maximum Gasteiger partial charge on any atom is 0.251 e. The Morgan fingerprint density at radius 2 is 1.76 bits per heavy atom. The minimum atomic E-state index is -0.143. The number of thioether (sulfide) groups is 1. The van der Waals surface area contributed by atoms with Crippen LogP contribution in [0.3, 0.4) is 0 Å². The summed E-state index contributed by atoms with van der Waals surface area (Å²) >= 11 is 1.52. The zero-order valence-corrected chi connectivity index (χ0v) is 17.0. The van der Waals surface area contributed by atoms with Crippen LogP contribution >= 0.6 is 11.8 Å². The molecule has 0 spiro atoms. The quantitative estimate of drug-likeness (QED) is 0.680. The molecule has 1 N–H and O–H groups in total. The van der Waals surface area contributed by atoms with E-state index in [2.05, 4.69) is 5.32 Å². The number of amides is 2. The van der Waals surface area contributed by atoms with Gasteiger partial charge in [0.1, 0.15) is 0 Å². The SMILES string of the molecule is Cc1ccc(CNC(=O)c2ccc3c(c2)N(Cc2ccccc2)C(=O)CS3)cc1. The molecular weight excluding hydrogens is 380 g/mol. The lowest BCUT2D eigenvalue weighted by Crippen LogP contribution is -2.35. The topological polar surface area (TPSA) is 49.4 Å². The highest BCUT2D eigenvalue weighted by atomic mass is 32.2. The fraction of sp³-hybridized carbons (Fsp3) is 0.167. The molecule has 1 heterocycles. The molecule has 0 fully saturated rings. The zero-order valence-electron chi connectivity index (χ0n) is 16.2. The van der Waals surface area contributed by atoms with E-state index < -0.39 is 0 Å². The molecule has 0 aromatic heterocycles. The van der Waals surface area contributed by atoms with Gasteiger partial charge in [0.25, 0.3) is 5.91 Å². The number of carbonyl (C=O) groups is 2. The van der Waals surface area contributed by atoms with Gasteiger partial charge in [0.15, 0.2) is 0 Å². The highest BCUT2D eigenvalue weighted by molar-refractivity contribution is 8.00. The molecule has 146 valence electrons. The normalized spacial score (nSPS) is 13.1. The summed E-state index contributed by atoms with van der Waals surface area (Å²) in [6, 6.07) is 23.6. The Kier molecular flexibility index (Phi) is 5.67. The molecule has 1 aliphatic rings. The Labute approximate surface area is 174 Å². The van der Waals surface area contributed by atoms with Gasteiger partial charge in [0, 0.05) is 17.0 Å². The first-order chi connectivity index (χ1) is 14.1. The molecule has 29 heavy (non-hydrogen) atoms. The number of rotatable bonds is 5. The van der Waals surface area contributed by atoms with E-state index in [0.717, 1.165) is 21.7 Å². The van der Waals surface area contributed by atoms with E-state index in [0.29, 0.717) is 24.4 Å². The predicted molar refractivity (Wildman–Crippen MR) is 117 cm³/mol. The first-order valence-electron chi connectivity index (χ1n) is 9.55. The molecule has 0 saturated carbocycles. The number of fused-ring (bicyclic) bond motifs is 1. The number of nitrogens with one attached hydrogen (secondary N) is 1. The predicted octanol–water partition coefficient (Wildman–Crippen LogP) is 4.56. The molecule has 0 saturated heterocycles. The van der Waals surface area contributed by atoms with Crippen molar-refractivity contribution in [2.45, 2.75) is 24.9 Å². The van der Waals surface area contributed by atoms with Gasteiger partial charge in [-0.05, 0) is 36.2 Å². The van der Waals surface area contributed by atoms with Crippen molar-refractivity contribution in [1.82, 2.24) is 5.32 Å². The molecule has 0 aliphatic carbocycles. The van der Waals surface area contributed by atoms with Gasteiger partial charge in [-0.3, -0.25) is 9.59 Å². The van der Waals surface area contributed by atoms with Crippen LogP contribution in [0, 0.1) is 6.92 Å². The standard InChI is InChI=1S/C24H22N2O2S/c1-17-7-9-18(10-8-17)14-25-24(28)20-11-12-22-21(13-20)26(23(27)16-29-22)15-19-5-3-2-4-6-19/h2-13H,14-16H2,1H3,(H,25,28). The van der Waals surface area contributed by atoms with Crippen LogP contribution in [-0.4, -0.2) is 17.6 Å². The minimum absolute atomic E-state index is 0.0589. The van der Waals surface area contributed by atoms with E-state index in [-0.39, 0.29) is 11.8 Å². The lowest BCUT2D eigenvalue weighted by molar-refractivity contribution is -0.116. The van der Waals surface area contributed by atoms with E-state index in [1.54, 1.807) is 4.90 Å². The van der Waals surface area contributed by atoms with E-state index in [9.17, 15) is 9.59 Å². The Morgan fingerprint density at radius 1 is 1.00 bits per heavy atom. The van der Waals surface area contributed by atoms with Crippen molar-refractivity contribution in [2.24, 2.45) is 0 Å². The van der Waals surface area contributed by atoms with Crippen molar-refractivity contribution in [2.75, 3.05) is 10.7 Å². The molecule has 4 nitrogen and oxygen atoms in total. The smallest absolute Gasteiger partial charge is 0.251 e. The van der Waals surface area contributed by atoms with Crippen molar-refractivity contribution < 1.29 is 9.59 Å². The van der Waals surface area contributed by atoms with Crippen LogP contribution in [0.4, 0.5) is 5.69 Å². The van der Waals surface area contributed by atoms with Crippen molar-refractivity contribution in [3.05, 3.63) is 95.1 Å². The minimum Gasteiger partial charge on any atom is -0.348 e. The van der Waals surface area contributed by atoms with Crippen LogP contribution in [0.1, 0.15) is 27.0 Å². The van der Waals surface area contributed by atoms with Crippen molar-refractivity contribution in [3.8, 4) is 0 Å². The van der Waals surface area contributed by atoms with Crippen molar-refractivity contribution in [1.29, 1.82) is 0 Å². The van der Waals surface area contributed by atoms with Gasteiger partial charge >= 0.3 is 0 Å². The van der Waals surface area contributed by atoms with Gasteiger partial charge in [0.05, 0.1) is 18.0 Å². The third kappa shape index (κ3) is 4.51. The summed E-state index contributed by atoms with van der Waals surface area (Å²) < 4.78 is 0. The molecule has 1 aliphatic heterocycles. The zero-order chi connectivity index (χ0) is 20.2. The Bertz CT molecular complexity index is 1030. The van der Waals surface area contributed by atoms with E-state index in [1.165, 1.54) is 17.3 Å². The molecule has 3 aromatic carbocycles. The third-order valence-electron chi connectivity index (χ3n) is 4.92. The average molecular weight is 403 g/mol. The van der Waals surface area contributed by atoms with Crippen molar-refractivity contribution in [3.63, 3.8) is 0 Å². The maximum atomic E-state index is 12.7. The monoisotopic (exact) mass is 402 g/mol. The van der Waals surface area contributed by atoms with Gasteiger partial charge in [-0.15, -0.1) is 11.8 Å². The Morgan fingerprint density at radius 3 is 2.52 bits per heavy atom. The molecule has 4 rings (SSSR count). The van der Waals surface area contributed by atoms with Crippen LogP contribution in [-0.2, 0) is 17.9 Å². The molecule has 3 aromatic rings. The fourth-order valence-electron chi connectivity index (χ4n) is 3.27. The summed E-state index contributed by atoms with van der Waals surface area (Å²) in [4.78, 5) is 28.1. The van der Waals surface area contributed by atoms with E-state index in [4.69, 9.17) is 0 Å². The van der Waals surface area contributed by atoms with Crippen LogP contribution in [0.2, 0.25) is 0 Å². The van der Waals surface area contributed by atoms with Gasteiger partial charge in [-0.1, -0.05) is 60.2 Å². The lowest BCUT2D eigenvalue weighted by Gasteiger charge is -2.29. The van der Waals surface area contributed by atoms with Crippen LogP contribution in [0.5, 0.6) is 0 Å². The molecule has 0 radical (unpaired) electrons. The molecule has 0 bridgehead atoms. The van der Waals surface area contributed by atoms with Gasteiger partial charge in [-0.2, -0.15) is 0 Å². The first-order valence-corrected chi connectivity index (χ1v) is 10.5. The summed E-state index contributed by atoms with van der Waals surface area (Å²) in [6.45, 7) is 3.01. The van der Waals surface area contributed by atoms with Crippen LogP contribution < -0.4 is 10.2 Å². The number of benzene rings is 3. The van der Waals surface area contributed by atoms with Crippen molar-refractivity contribution >= 4 is 29.3 Å². The summed E-state index contributed by atoms with van der Waals surface area (Å²) in [7, 11) is 0. The second kappa shape index (κ2) is 8.53. The number of aryl methyl sites for hydroxylation is 1. The second-order valence-electron chi connectivity index (χ2n) is 7.10. The van der Waals surface area contributed by atoms with Crippen LogP contribution in [0.25, 0.3) is 0 Å². The summed E-state index contributed by atoms with van der Waals surface area (Å²) in [5, 5.41) is 2.97. The molecule has 0 unspecified atom stereocenters. The van der Waals surface area contributed by atoms with Gasteiger partial charge in [0.2, 0.25) is 5.91 Å². The second-order valence-corrected chi connectivity index (χ2v) is 8.12. The fourth-order valence-corrected chi connectivity index (χ4v) is 4.19. The number of hydrogen-bond acceptors (Lipinski definition) is 3. The Balaban J connectivity index is 1.53. The molecule has 0 atom stereocenters. The first kappa shape index (κ1) is 19.3. The molecular formula is C24H22N2O2S. The number of carbonyl (C=O) groups excluding carboxylic acids is 2. The van der Waals surface area contributed by atoms with E-state index in [1.807, 2.05) is 79.7 Å². The number of nitrogens with zero attached hydrogens (tertiary/aromatic N) is 1. The van der Waals surface area contributed by atoms with Crippen LogP contribution in [0.15, 0.2) is 77.7 Å². The number of anilines is 1. The van der Waals surface area contributed by atoms with Gasteiger partial charge in [-0.25, -0.2) is 0 Å². The van der Waals surface area contributed by atoms with E-state index >= 15 is 0 Å². The molecule has 2 amide bonds. The highest BCUT2D eigenvalue weighted by Crippen LogP contribution is 2.36. The third-order valence-corrected chi connectivity index (χ3v) is 5.97. The summed E-state index contributed by atoms with van der Waals surface area (Å²) in [5.74, 6) is 0.332. The van der Waals surface area contributed by atoms with Gasteiger partial charge < -0.3 is 10.2 Å². The Hall–Kier alpha value is -3.05. The summed E-state index contributed by atoms with van der Waals surface area (Å²) in [6.07, 6.45) is 0. The largest absolute Gasteiger partial charge is 0.348 e. The molecule has 5 heteroatoms. The summed E-state index contributed by atoms with van der Waals surface area (Å²) in [5.41, 5.74) is 4.67. The highest BCUT2D eigenvalue weighted by Gasteiger charge is 2.26. The lowest BCUT2D eigenvalue weighted by atomic mass is 10.1. The number of hydrogen-bond donors (Lipinski definition) is 1. The maximum absolute atomic E-state index is 12.7.